The number of nitrogens with two attached hydrogens (primary N) is 1. The minimum atomic E-state index is -3.47. The molecule has 0 radical (unpaired) electrons. The lowest BCUT2D eigenvalue weighted by molar-refractivity contribution is 0.0704. The lowest BCUT2D eigenvalue weighted by Crippen LogP contribution is -2.32. The van der Waals surface area contributed by atoms with Crippen molar-refractivity contribution in [3.05, 3.63) is 58.4 Å². The molecule has 0 saturated heterocycles. The number of halogens is 1. The summed E-state index contributed by atoms with van der Waals surface area (Å²) in [5.74, 6) is -0.522. The van der Waals surface area contributed by atoms with Gasteiger partial charge in [0.05, 0.1) is 40.5 Å². The number of pyridine rings is 1. The minimum Gasteiger partial charge on any atom is -0.491 e. The Kier molecular flexibility index (Phi) is 5.25. The summed E-state index contributed by atoms with van der Waals surface area (Å²) in [6, 6.07) is 6.88. The highest BCUT2D eigenvalue weighted by Gasteiger charge is 2.34. The van der Waals surface area contributed by atoms with Gasteiger partial charge in [-0.2, -0.15) is 0 Å². The molecule has 2 aliphatic rings. The predicted octanol–water partition coefficient (Wildman–Crippen LogP) is 3.37. The van der Waals surface area contributed by atoms with E-state index in [1.807, 2.05) is 0 Å². The number of hydrogen-bond acceptors (Lipinski definition) is 7. The fourth-order valence-electron chi connectivity index (χ4n) is 4.43. The number of aromatic nitrogens is 1. The largest absolute Gasteiger partial charge is 0.491 e. The minimum absolute atomic E-state index is 0.0943. The van der Waals surface area contributed by atoms with Crippen LogP contribution in [-0.4, -0.2) is 43.1 Å². The average Bonchev–Trinajstić information content (AvgIpc) is 3.45. The van der Waals surface area contributed by atoms with Crippen LogP contribution in [0, 0.1) is 5.82 Å². The lowest BCUT2D eigenvalue weighted by Gasteiger charge is -2.24. The third-order valence-electron chi connectivity index (χ3n) is 6.53. The number of carbonyl (C=O) groups excluding carboxylic acids is 1. The summed E-state index contributed by atoms with van der Waals surface area (Å²) < 4.78 is 51.2. The van der Waals surface area contributed by atoms with Gasteiger partial charge in [-0.15, -0.1) is 0 Å². The molecule has 178 valence electrons. The van der Waals surface area contributed by atoms with Crippen molar-refractivity contribution in [3.63, 3.8) is 0 Å². The standard InChI is InChI=1S/C24H24FN3O5S/c1-12(2)34(30,31)13-4-5-14-21(11-33-22(14)6-13)28(3)24(29)16-7-15-17-9-32-10-18(17)23(26)27-20(15)8-19(16)25/h4-8,12,21H,9-11H2,1-3H3,(H2,26,27). The van der Waals surface area contributed by atoms with E-state index in [4.69, 9.17) is 15.2 Å². The summed E-state index contributed by atoms with van der Waals surface area (Å²) in [5, 5.41) is 0.0611. The van der Waals surface area contributed by atoms with Crippen LogP contribution < -0.4 is 10.5 Å². The third-order valence-corrected chi connectivity index (χ3v) is 8.68. The SMILES string of the molecule is CC(C)S(=O)(=O)c1ccc2c(c1)OCC2N(C)C(=O)c1cc2c3c(c(N)nc2cc1F)COC3. The van der Waals surface area contributed by atoms with Crippen LogP contribution >= 0.6 is 0 Å². The molecule has 5 rings (SSSR count). The number of likely N-dealkylation sites (N-methyl/N-ethyl adjacent to an activating group) is 1. The fourth-order valence-corrected chi connectivity index (χ4v) is 5.50. The van der Waals surface area contributed by atoms with Crippen molar-refractivity contribution in [1.82, 2.24) is 9.88 Å². The smallest absolute Gasteiger partial charge is 0.257 e. The molecule has 2 aromatic carbocycles. The Morgan fingerprint density at radius 2 is 1.94 bits per heavy atom. The number of nitrogen functional groups attached to an aromatic ring is 1. The molecule has 8 nitrogen and oxygen atoms in total. The van der Waals surface area contributed by atoms with E-state index in [-0.39, 0.29) is 17.1 Å². The number of anilines is 1. The number of carbonyl (C=O) groups is 1. The molecule has 3 aromatic rings. The Morgan fingerprint density at radius 1 is 1.21 bits per heavy atom. The van der Waals surface area contributed by atoms with Crippen molar-refractivity contribution in [2.75, 3.05) is 19.4 Å². The monoisotopic (exact) mass is 485 g/mol. The highest BCUT2D eigenvalue weighted by Crippen LogP contribution is 2.39. The van der Waals surface area contributed by atoms with Crippen LogP contribution in [0.3, 0.4) is 0 Å². The molecule has 0 saturated carbocycles. The Morgan fingerprint density at radius 3 is 2.68 bits per heavy atom. The van der Waals surface area contributed by atoms with Crippen molar-refractivity contribution in [1.29, 1.82) is 0 Å². The first-order chi connectivity index (χ1) is 16.1. The molecule has 34 heavy (non-hydrogen) atoms. The molecule has 3 heterocycles. The number of nitrogens with zero attached hydrogens (tertiary/aromatic N) is 2. The van der Waals surface area contributed by atoms with E-state index in [9.17, 15) is 17.6 Å². The molecule has 2 aliphatic heterocycles. The molecule has 0 aliphatic carbocycles. The summed E-state index contributed by atoms with van der Waals surface area (Å²) in [6.07, 6.45) is 0. The van der Waals surface area contributed by atoms with Crippen LogP contribution in [0.5, 0.6) is 5.75 Å². The Bertz CT molecular complexity index is 1450. The van der Waals surface area contributed by atoms with Gasteiger partial charge in [0.25, 0.3) is 5.91 Å². The van der Waals surface area contributed by atoms with Crippen LogP contribution in [0.15, 0.2) is 35.2 Å². The number of ether oxygens (including phenoxy) is 2. The molecule has 1 amide bonds. The van der Waals surface area contributed by atoms with Gasteiger partial charge >= 0.3 is 0 Å². The van der Waals surface area contributed by atoms with E-state index in [0.717, 1.165) is 11.1 Å². The van der Waals surface area contributed by atoms with Crippen molar-refractivity contribution in [2.24, 2.45) is 0 Å². The number of amides is 1. The summed E-state index contributed by atoms with van der Waals surface area (Å²) in [4.78, 5) is 19.2. The maximum absolute atomic E-state index is 15.0. The van der Waals surface area contributed by atoms with Crippen LogP contribution in [0.2, 0.25) is 0 Å². The molecule has 0 bridgehead atoms. The number of fused-ring (bicyclic) bond motifs is 4. The van der Waals surface area contributed by atoms with Gasteiger partial charge in [0.2, 0.25) is 0 Å². The van der Waals surface area contributed by atoms with E-state index < -0.39 is 32.9 Å². The number of hydrogen-bond donors (Lipinski definition) is 1. The van der Waals surface area contributed by atoms with E-state index in [0.29, 0.717) is 41.2 Å². The predicted molar refractivity (Wildman–Crippen MR) is 124 cm³/mol. The molecule has 0 spiro atoms. The second-order valence-corrected chi connectivity index (χ2v) is 11.3. The van der Waals surface area contributed by atoms with Crippen LogP contribution in [-0.2, 0) is 27.8 Å². The summed E-state index contributed by atoms with van der Waals surface area (Å²) in [7, 11) is -1.89. The molecule has 1 aromatic heterocycles. The van der Waals surface area contributed by atoms with Crippen molar-refractivity contribution in [2.45, 2.75) is 43.2 Å². The van der Waals surface area contributed by atoms with Gasteiger partial charge in [-0.3, -0.25) is 4.79 Å². The van der Waals surface area contributed by atoms with Gasteiger partial charge in [0.1, 0.15) is 24.0 Å². The zero-order chi connectivity index (χ0) is 24.4. The highest BCUT2D eigenvalue weighted by atomic mass is 32.2. The second kappa shape index (κ2) is 7.92. The zero-order valence-electron chi connectivity index (χ0n) is 19.0. The quantitative estimate of drug-likeness (QED) is 0.603. The molecular formula is C24H24FN3O5S. The summed E-state index contributed by atoms with van der Waals surface area (Å²) in [6.45, 7) is 4.01. The maximum atomic E-state index is 15.0. The van der Waals surface area contributed by atoms with Crippen molar-refractivity contribution in [3.8, 4) is 5.75 Å². The lowest BCUT2D eigenvalue weighted by atomic mass is 10.0. The van der Waals surface area contributed by atoms with E-state index in [1.54, 1.807) is 27.0 Å². The summed E-state index contributed by atoms with van der Waals surface area (Å²) in [5.41, 5.74) is 8.49. The van der Waals surface area contributed by atoms with E-state index in [2.05, 4.69) is 4.98 Å². The molecular weight excluding hydrogens is 461 g/mol. The van der Waals surface area contributed by atoms with Gasteiger partial charge < -0.3 is 20.1 Å². The van der Waals surface area contributed by atoms with E-state index >= 15 is 0 Å². The average molecular weight is 486 g/mol. The number of rotatable bonds is 4. The Balaban J connectivity index is 1.49. The molecule has 10 heteroatoms. The zero-order valence-corrected chi connectivity index (χ0v) is 19.8. The fraction of sp³-hybridized carbons (Fsp3) is 0.333. The van der Waals surface area contributed by atoms with E-state index in [1.165, 1.54) is 29.2 Å². The maximum Gasteiger partial charge on any atom is 0.257 e. The molecule has 1 unspecified atom stereocenters. The first-order valence-electron chi connectivity index (χ1n) is 10.9. The van der Waals surface area contributed by atoms with Gasteiger partial charge in [-0.05, 0) is 37.6 Å². The first-order valence-corrected chi connectivity index (χ1v) is 12.4. The highest BCUT2D eigenvalue weighted by molar-refractivity contribution is 7.92. The molecule has 2 N–H and O–H groups in total. The number of sulfone groups is 1. The summed E-state index contributed by atoms with van der Waals surface area (Å²) >= 11 is 0. The molecule has 0 fully saturated rings. The van der Waals surface area contributed by atoms with Crippen LogP contribution in [0.4, 0.5) is 10.2 Å². The van der Waals surface area contributed by atoms with Crippen LogP contribution in [0.25, 0.3) is 10.9 Å². The van der Waals surface area contributed by atoms with Crippen molar-refractivity contribution < 1.29 is 27.1 Å². The second-order valence-electron chi connectivity index (χ2n) is 8.83. The Labute approximate surface area is 196 Å². The van der Waals surface area contributed by atoms with Crippen molar-refractivity contribution >= 4 is 32.5 Å². The normalized spacial score (nSPS) is 17.0. The van der Waals surface area contributed by atoms with Gasteiger partial charge in [-0.1, -0.05) is 6.07 Å². The Hall–Kier alpha value is -3.24. The first kappa shape index (κ1) is 22.5. The van der Waals surface area contributed by atoms with Gasteiger partial charge in [0, 0.05) is 29.6 Å². The number of benzene rings is 2. The van der Waals surface area contributed by atoms with Gasteiger partial charge in [0.15, 0.2) is 9.84 Å². The van der Waals surface area contributed by atoms with Gasteiger partial charge in [-0.25, -0.2) is 17.8 Å². The molecule has 1 atom stereocenters. The van der Waals surface area contributed by atoms with Crippen LogP contribution in [0.1, 0.15) is 46.9 Å². The topological polar surface area (TPSA) is 112 Å². The third kappa shape index (κ3) is 3.40.